The number of anilines is 1. The summed E-state index contributed by atoms with van der Waals surface area (Å²) in [5.74, 6) is -0.303. The summed E-state index contributed by atoms with van der Waals surface area (Å²) < 4.78 is 10.6. The van der Waals surface area contributed by atoms with E-state index in [2.05, 4.69) is 19.2 Å². The maximum absolute atomic E-state index is 11.9. The Morgan fingerprint density at radius 1 is 1.45 bits per heavy atom. The first-order valence-corrected chi connectivity index (χ1v) is 7.01. The van der Waals surface area contributed by atoms with Crippen molar-refractivity contribution in [2.75, 3.05) is 19.0 Å². The van der Waals surface area contributed by atoms with Gasteiger partial charge in [-0.2, -0.15) is 0 Å². The molecule has 0 bridgehead atoms. The van der Waals surface area contributed by atoms with Crippen molar-refractivity contribution in [3.05, 3.63) is 29.3 Å². The topological polar surface area (TPSA) is 47.6 Å². The van der Waals surface area contributed by atoms with Crippen LogP contribution in [0.15, 0.2) is 18.2 Å². The number of carbonyl (C=O) groups is 1. The molecule has 1 N–H and O–H groups in total. The Balaban J connectivity index is 2.18. The van der Waals surface area contributed by atoms with E-state index in [4.69, 9.17) is 9.47 Å². The van der Waals surface area contributed by atoms with E-state index in [0.717, 1.165) is 30.7 Å². The number of nitrogens with one attached hydrogen (secondary N) is 1. The Morgan fingerprint density at radius 2 is 2.20 bits per heavy atom. The summed E-state index contributed by atoms with van der Waals surface area (Å²) >= 11 is 0. The van der Waals surface area contributed by atoms with Gasteiger partial charge in [0, 0.05) is 18.3 Å². The summed E-state index contributed by atoms with van der Waals surface area (Å²) in [7, 11) is 1.41. The zero-order valence-corrected chi connectivity index (χ0v) is 12.7. The molecule has 1 aromatic rings. The molecule has 0 radical (unpaired) electrons. The highest BCUT2D eigenvalue weighted by Crippen LogP contribution is 2.28. The first kappa shape index (κ1) is 14.9. The third-order valence-corrected chi connectivity index (χ3v) is 3.64. The number of hydrogen-bond acceptors (Lipinski definition) is 4. The zero-order valence-electron chi connectivity index (χ0n) is 12.7. The number of carbonyl (C=O) groups excluding carboxylic acids is 1. The van der Waals surface area contributed by atoms with Crippen molar-refractivity contribution in [3.8, 4) is 0 Å². The largest absolute Gasteiger partial charge is 0.465 e. The summed E-state index contributed by atoms with van der Waals surface area (Å²) in [6, 6.07) is 6.12. The van der Waals surface area contributed by atoms with Gasteiger partial charge in [-0.25, -0.2) is 4.79 Å². The fraction of sp³-hybridized carbons (Fsp3) is 0.562. The minimum Gasteiger partial charge on any atom is -0.465 e. The second-order valence-electron chi connectivity index (χ2n) is 5.98. The lowest BCUT2D eigenvalue weighted by Crippen LogP contribution is -2.40. The van der Waals surface area contributed by atoms with E-state index in [0.29, 0.717) is 11.6 Å². The Hall–Kier alpha value is -1.55. The Bertz CT molecular complexity index is 496. The molecule has 1 heterocycles. The van der Waals surface area contributed by atoms with Crippen molar-refractivity contribution in [3.63, 3.8) is 0 Å². The van der Waals surface area contributed by atoms with Crippen LogP contribution in [0, 0.1) is 6.92 Å². The molecule has 1 aromatic carbocycles. The van der Waals surface area contributed by atoms with Crippen LogP contribution in [0.3, 0.4) is 0 Å². The number of ether oxygens (including phenoxy) is 2. The molecule has 0 aromatic heterocycles. The fourth-order valence-electron chi connectivity index (χ4n) is 2.64. The molecule has 110 valence electrons. The molecule has 2 rings (SSSR count). The molecule has 0 saturated carbocycles. The molecule has 1 saturated heterocycles. The van der Waals surface area contributed by atoms with Crippen molar-refractivity contribution in [2.45, 2.75) is 45.3 Å². The van der Waals surface area contributed by atoms with Gasteiger partial charge in [0.25, 0.3) is 0 Å². The van der Waals surface area contributed by atoms with Gasteiger partial charge in [-0.15, -0.1) is 0 Å². The standard InChI is InChI=1S/C16H23NO3/c1-11-5-6-14(13(9-11)15(18)19-4)17-12-7-8-20-16(2,3)10-12/h5-6,9,12,17H,7-8,10H2,1-4H3. The molecule has 0 spiro atoms. The highest BCUT2D eigenvalue weighted by molar-refractivity contribution is 5.95. The molecule has 4 nitrogen and oxygen atoms in total. The van der Waals surface area contributed by atoms with Crippen molar-refractivity contribution in [2.24, 2.45) is 0 Å². The van der Waals surface area contributed by atoms with Crippen molar-refractivity contribution in [1.82, 2.24) is 0 Å². The van der Waals surface area contributed by atoms with Crippen LogP contribution in [0.1, 0.15) is 42.6 Å². The van der Waals surface area contributed by atoms with Crippen LogP contribution in [0.4, 0.5) is 5.69 Å². The van der Waals surface area contributed by atoms with Gasteiger partial charge in [-0.3, -0.25) is 0 Å². The first-order chi connectivity index (χ1) is 9.41. The van der Waals surface area contributed by atoms with Gasteiger partial charge in [-0.05, 0) is 45.7 Å². The number of methoxy groups -OCH3 is 1. The molecule has 1 fully saturated rings. The van der Waals surface area contributed by atoms with Crippen LogP contribution in [0.2, 0.25) is 0 Å². The molecule has 1 atom stereocenters. The molecule has 20 heavy (non-hydrogen) atoms. The molecule has 1 aliphatic heterocycles. The van der Waals surface area contributed by atoms with Crippen molar-refractivity contribution in [1.29, 1.82) is 0 Å². The van der Waals surface area contributed by atoms with E-state index in [9.17, 15) is 4.79 Å². The van der Waals surface area contributed by atoms with E-state index in [1.807, 2.05) is 25.1 Å². The summed E-state index contributed by atoms with van der Waals surface area (Å²) in [6.45, 7) is 6.90. The maximum atomic E-state index is 11.9. The van der Waals surface area contributed by atoms with E-state index in [1.54, 1.807) is 0 Å². The van der Waals surface area contributed by atoms with E-state index >= 15 is 0 Å². The summed E-state index contributed by atoms with van der Waals surface area (Å²) in [5, 5.41) is 3.47. The fourth-order valence-corrected chi connectivity index (χ4v) is 2.64. The lowest BCUT2D eigenvalue weighted by Gasteiger charge is -2.36. The number of aryl methyl sites for hydroxylation is 1. The third kappa shape index (κ3) is 3.51. The minimum absolute atomic E-state index is 0.119. The lowest BCUT2D eigenvalue weighted by molar-refractivity contribution is -0.0553. The predicted octanol–water partition coefficient (Wildman–Crippen LogP) is 3.15. The normalized spacial score (nSPS) is 21.3. The number of esters is 1. The Kier molecular flexibility index (Phi) is 4.33. The average molecular weight is 277 g/mol. The molecule has 0 amide bonds. The van der Waals surface area contributed by atoms with E-state index in [-0.39, 0.29) is 11.6 Å². The summed E-state index contributed by atoms with van der Waals surface area (Å²) in [5.41, 5.74) is 2.36. The summed E-state index contributed by atoms with van der Waals surface area (Å²) in [6.07, 6.45) is 1.86. The highest BCUT2D eigenvalue weighted by atomic mass is 16.5. The smallest absolute Gasteiger partial charge is 0.339 e. The van der Waals surface area contributed by atoms with Gasteiger partial charge >= 0.3 is 5.97 Å². The Labute approximate surface area is 120 Å². The summed E-state index contributed by atoms with van der Waals surface area (Å²) in [4.78, 5) is 11.9. The van der Waals surface area contributed by atoms with Gasteiger partial charge in [0.15, 0.2) is 0 Å². The quantitative estimate of drug-likeness (QED) is 0.862. The van der Waals surface area contributed by atoms with E-state index < -0.39 is 0 Å². The predicted molar refractivity (Wildman–Crippen MR) is 79.2 cm³/mol. The van der Waals surface area contributed by atoms with Crippen LogP contribution in [0.5, 0.6) is 0 Å². The molecular weight excluding hydrogens is 254 g/mol. The minimum atomic E-state index is -0.303. The van der Waals surface area contributed by atoms with Crippen molar-refractivity contribution >= 4 is 11.7 Å². The third-order valence-electron chi connectivity index (χ3n) is 3.64. The molecule has 4 heteroatoms. The van der Waals surface area contributed by atoms with Gasteiger partial charge < -0.3 is 14.8 Å². The molecular formula is C16H23NO3. The second kappa shape index (κ2) is 5.83. The highest BCUT2D eigenvalue weighted by Gasteiger charge is 2.29. The van der Waals surface area contributed by atoms with E-state index in [1.165, 1.54) is 7.11 Å². The monoisotopic (exact) mass is 277 g/mol. The van der Waals surface area contributed by atoms with Crippen LogP contribution in [0.25, 0.3) is 0 Å². The average Bonchev–Trinajstić information content (AvgIpc) is 2.39. The number of rotatable bonds is 3. The SMILES string of the molecule is COC(=O)c1cc(C)ccc1NC1CCOC(C)(C)C1. The van der Waals surface area contributed by atoms with Gasteiger partial charge in [0.05, 0.1) is 18.3 Å². The van der Waals surface area contributed by atoms with Gasteiger partial charge in [0.2, 0.25) is 0 Å². The van der Waals surface area contributed by atoms with Crippen LogP contribution in [-0.2, 0) is 9.47 Å². The first-order valence-electron chi connectivity index (χ1n) is 7.01. The van der Waals surface area contributed by atoms with Gasteiger partial charge in [-0.1, -0.05) is 11.6 Å². The molecule has 1 aliphatic rings. The molecule has 1 unspecified atom stereocenters. The molecule has 0 aliphatic carbocycles. The van der Waals surface area contributed by atoms with Crippen LogP contribution in [-0.4, -0.2) is 31.3 Å². The van der Waals surface area contributed by atoms with Crippen molar-refractivity contribution < 1.29 is 14.3 Å². The lowest BCUT2D eigenvalue weighted by atomic mass is 9.93. The van der Waals surface area contributed by atoms with Gasteiger partial charge in [0.1, 0.15) is 0 Å². The zero-order chi connectivity index (χ0) is 14.8. The Morgan fingerprint density at radius 3 is 2.85 bits per heavy atom. The van der Waals surface area contributed by atoms with Crippen LogP contribution < -0.4 is 5.32 Å². The second-order valence-corrected chi connectivity index (χ2v) is 5.98. The maximum Gasteiger partial charge on any atom is 0.339 e. The number of hydrogen-bond donors (Lipinski definition) is 1. The number of benzene rings is 1. The van der Waals surface area contributed by atoms with Crippen LogP contribution >= 0.6 is 0 Å².